The molecule has 4 N–H and O–H groups in total. The summed E-state index contributed by atoms with van der Waals surface area (Å²) >= 11 is 5.76. The second-order valence-corrected chi connectivity index (χ2v) is 5.98. The second-order valence-electron chi connectivity index (χ2n) is 5.62. The van der Waals surface area contributed by atoms with Crippen molar-refractivity contribution in [3.63, 3.8) is 0 Å². The molecule has 0 bridgehead atoms. The van der Waals surface area contributed by atoms with Crippen molar-refractivity contribution in [1.82, 2.24) is 4.98 Å². The molecular formula is C13H18ClFN2O2. The Morgan fingerprint density at radius 1 is 1.47 bits per heavy atom. The maximum Gasteiger partial charge on any atom is 0.166 e. The number of hydrogen-bond donors (Lipinski definition) is 3. The molecule has 4 nitrogen and oxygen atoms in total. The summed E-state index contributed by atoms with van der Waals surface area (Å²) in [7, 11) is 0. The lowest BCUT2D eigenvalue weighted by Gasteiger charge is -2.28. The first-order chi connectivity index (χ1) is 8.70. The Balaban J connectivity index is 2.56. The van der Waals surface area contributed by atoms with Gasteiger partial charge >= 0.3 is 0 Å². The number of aromatic nitrogens is 1. The Kier molecular flexibility index (Phi) is 3.60. The first-order valence-corrected chi connectivity index (χ1v) is 6.59. The van der Waals surface area contributed by atoms with Gasteiger partial charge in [0.1, 0.15) is 5.60 Å². The fourth-order valence-electron chi connectivity index (χ4n) is 2.21. The van der Waals surface area contributed by atoms with Crippen LogP contribution in [0.5, 0.6) is 0 Å². The maximum atomic E-state index is 13.9. The van der Waals surface area contributed by atoms with Gasteiger partial charge in [0, 0.05) is 12.1 Å². The van der Waals surface area contributed by atoms with Gasteiger partial charge in [-0.2, -0.15) is 0 Å². The molecule has 1 aromatic heterocycles. The topological polar surface area (TPSA) is 79.4 Å². The van der Waals surface area contributed by atoms with Crippen LogP contribution in [0.3, 0.4) is 0 Å². The van der Waals surface area contributed by atoms with Crippen LogP contribution in [0.4, 0.5) is 4.39 Å². The predicted octanol–water partition coefficient (Wildman–Crippen LogP) is 1.66. The van der Waals surface area contributed by atoms with Crippen molar-refractivity contribution in [2.45, 2.75) is 37.9 Å². The quantitative estimate of drug-likeness (QED) is 0.736. The summed E-state index contributed by atoms with van der Waals surface area (Å²) in [5.74, 6) is -0.755. The lowest BCUT2D eigenvalue weighted by atomic mass is 9.89. The van der Waals surface area contributed by atoms with E-state index < -0.39 is 17.0 Å². The predicted molar refractivity (Wildman–Crippen MR) is 70.1 cm³/mol. The van der Waals surface area contributed by atoms with Crippen molar-refractivity contribution < 1.29 is 14.6 Å². The third kappa shape index (κ3) is 2.60. The van der Waals surface area contributed by atoms with Gasteiger partial charge in [-0.05, 0) is 38.7 Å². The van der Waals surface area contributed by atoms with E-state index in [9.17, 15) is 14.6 Å². The second kappa shape index (κ2) is 4.66. The Hall–Kier alpha value is -0.750. The molecular weight excluding hydrogens is 271 g/mol. The van der Waals surface area contributed by atoms with E-state index in [0.717, 1.165) is 12.8 Å². The summed E-state index contributed by atoms with van der Waals surface area (Å²) in [6.45, 7) is 2.88. The van der Waals surface area contributed by atoms with Gasteiger partial charge in [0.05, 0.1) is 11.3 Å². The van der Waals surface area contributed by atoms with Crippen molar-refractivity contribution in [1.29, 1.82) is 0 Å². The monoisotopic (exact) mass is 288 g/mol. The van der Waals surface area contributed by atoms with E-state index in [0.29, 0.717) is 0 Å². The molecule has 1 fully saturated rings. The van der Waals surface area contributed by atoms with Crippen molar-refractivity contribution >= 4 is 11.6 Å². The molecule has 0 spiro atoms. The number of hydrogen-bond acceptors (Lipinski definition) is 4. The molecule has 0 amide bonds. The fraction of sp³-hybridized carbons (Fsp3) is 0.615. The van der Waals surface area contributed by atoms with Crippen LogP contribution in [0.1, 0.15) is 37.9 Å². The Morgan fingerprint density at radius 3 is 2.47 bits per heavy atom. The van der Waals surface area contributed by atoms with Gasteiger partial charge in [-0.3, -0.25) is 0 Å². The molecule has 1 saturated carbocycles. The third-order valence-electron chi connectivity index (χ3n) is 3.58. The minimum atomic E-state index is -1.41. The van der Waals surface area contributed by atoms with E-state index in [2.05, 4.69) is 4.98 Å². The Morgan fingerprint density at radius 2 is 2.05 bits per heavy atom. The van der Waals surface area contributed by atoms with Crippen LogP contribution < -0.4 is 5.73 Å². The van der Waals surface area contributed by atoms with Crippen molar-refractivity contribution in [3.8, 4) is 0 Å². The number of nitrogens with zero attached hydrogens (tertiary/aromatic N) is 1. The zero-order valence-electron chi connectivity index (χ0n) is 11.0. The number of nitrogens with two attached hydrogens (primary N) is 1. The van der Waals surface area contributed by atoms with E-state index in [1.165, 1.54) is 19.9 Å². The number of rotatable bonds is 4. The molecule has 19 heavy (non-hydrogen) atoms. The van der Waals surface area contributed by atoms with Gasteiger partial charge in [-0.25, -0.2) is 9.37 Å². The zero-order chi connectivity index (χ0) is 14.4. The standard InChI is InChI=1S/C13H18ClFN2O2/c1-12(2,18)8-5-9(17-11(14)10(8)15)13(19,6-16)7-3-4-7/h5,7,18-19H,3-4,6,16H2,1-2H3. The molecule has 1 unspecified atom stereocenters. The molecule has 6 heteroatoms. The first kappa shape index (κ1) is 14.7. The fourth-order valence-corrected chi connectivity index (χ4v) is 2.40. The van der Waals surface area contributed by atoms with Crippen molar-refractivity contribution in [2.24, 2.45) is 11.7 Å². The molecule has 2 rings (SSSR count). The van der Waals surface area contributed by atoms with Crippen LogP contribution in [0.25, 0.3) is 0 Å². The lowest BCUT2D eigenvalue weighted by Crippen LogP contribution is -2.38. The van der Waals surface area contributed by atoms with E-state index >= 15 is 0 Å². The van der Waals surface area contributed by atoms with Gasteiger partial charge in [0.25, 0.3) is 0 Å². The summed E-state index contributed by atoms with van der Waals surface area (Å²) in [5.41, 5.74) is 3.15. The highest BCUT2D eigenvalue weighted by atomic mass is 35.5. The molecule has 1 aromatic rings. The third-order valence-corrected chi connectivity index (χ3v) is 3.83. The largest absolute Gasteiger partial charge is 0.386 e. The Bertz CT molecular complexity index is 500. The minimum absolute atomic E-state index is 0.00928. The van der Waals surface area contributed by atoms with Gasteiger partial charge in [0.2, 0.25) is 0 Å². The van der Waals surface area contributed by atoms with Gasteiger partial charge in [0.15, 0.2) is 11.0 Å². The number of aliphatic hydroxyl groups is 2. The van der Waals surface area contributed by atoms with E-state index in [4.69, 9.17) is 17.3 Å². The van der Waals surface area contributed by atoms with E-state index in [-0.39, 0.29) is 28.9 Å². The highest BCUT2D eigenvalue weighted by Gasteiger charge is 2.46. The van der Waals surface area contributed by atoms with Crippen molar-refractivity contribution in [3.05, 3.63) is 28.3 Å². The lowest BCUT2D eigenvalue weighted by molar-refractivity contribution is 0.0168. The van der Waals surface area contributed by atoms with Crippen LogP contribution in [0, 0.1) is 11.7 Å². The van der Waals surface area contributed by atoms with Gasteiger partial charge in [-0.15, -0.1) is 0 Å². The number of pyridine rings is 1. The van der Waals surface area contributed by atoms with Gasteiger partial charge in [-0.1, -0.05) is 11.6 Å². The minimum Gasteiger partial charge on any atom is -0.386 e. The summed E-state index contributed by atoms with van der Waals surface area (Å²) in [4.78, 5) is 3.90. The Labute approximate surface area is 116 Å². The van der Waals surface area contributed by atoms with E-state index in [1.807, 2.05) is 0 Å². The smallest absolute Gasteiger partial charge is 0.166 e. The summed E-state index contributed by atoms with van der Waals surface area (Å²) in [6.07, 6.45) is 1.70. The van der Waals surface area contributed by atoms with E-state index in [1.54, 1.807) is 0 Å². The van der Waals surface area contributed by atoms with Crippen molar-refractivity contribution in [2.75, 3.05) is 6.54 Å². The van der Waals surface area contributed by atoms with Crippen LogP contribution >= 0.6 is 11.6 Å². The van der Waals surface area contributed by atoms with Crippen LogP contribution in [-0.4, -0.2) is 21.7 Å². The average molecular weight is 289 g/mol. The SMILES string of the molecule is CC(C)(O)c1cc(C(O)(CN)C2CC2)nc(Cl)c1F. The summed E-state index contributed by atoms with van der Waals surface area (Å²) in [6, 6.07) is 1.35. The molecule has 0 aromatic carbocycles. The molecule has 0 radical (unpaired) electrons. The highest BCUT2D eigenvalue weighted by molar-refractivity contribution is 6.29. The molecule has 1 atom stereocenters. The van der Waals surface area contributed by atoms with Crippen LogP contribution in [0.2, 0.25) is 5.15 Å². The summed E-state index contributed by atoms with van der Waals surface area (Å²) < 4.78 is 13.9. The number of halogens is 2. The molecule has 1 aliphatic rings. The average Bonchev–Trinajstić information content (AvgIpc) is 3.14. The molecule has 0 saturated heterocycles. The summed E-state index contributed by atoms with van der Waals surface area (Å²) in [5, 5.41) is 20.2. The van der Waals surface area contributed by atoms with Crippen LogP contribution in [0.15, 0.2) is 6.07 Å². The normalized spacial score (nSPS) is 19.3. The van der Waals surface area contributed by atoms with Gasteiger partial charge < -0.3 is 15.9 Å². The molecule has 0 aliphatic heterocycles. The highest BCUT2D eigenvalue weighted by Crippen LogP contribution is 2.45. The molecule has 1 aliphatic carbocycles. The van der Waals surface area contributed by atoms with Crippen LogP contribution in [-0.2, 0) is 11.2 Å². The maximum absolute atomic E-state index is 13.9. The molecule has 106 valence electrons. The first-order valence-electron chi connectivity index (χ1n) is 6.22. The molecule has 1 heterocycles. The zero-order valence-corrected chi connectivity index (χ0v) is 11.7.